The molecule has 0 aromatic heterocycles. The lowest BCUT2D eigenvalue weighted by atomic mass is 10.1. The molecule has 1 aliphatic heterocycles. The van der Waals surface area contributed by atoms with Crippen LogP contribution in [-0.4, -0.2) is 12.3 Å². The van der Waals surface area contributed by atoms with Crippen LogP contribution < -0.4 is 0 Å². The molecule has 0 aromatic carbocycles. The normalized spacial score (nSPS) is 19.1. The van der Waals surface area contributed by atoms with Crippen molar-refractivity contribution >= 4 is 5.71 Å². The summed E-state index contributed by atoms with van der Waals surface area (Å²) in [6.45, 7) is 8.75. The van der Waals surface area contributed by atoms with Crippen LogP contribution in [-0.2, 0) is 0 Å². The Kier molecular flexibility index (Phi) is 1.52. The fraction of sp³-hybridized carbons (Fsp3) is 0.375. The fourth-order valence-electron chi connectivity index (χ4n) is 0.792. The smallest absolute Gasteiger partial charge is 0.0603 e. The number of allylic oxidation sites excluding steroid dienone is 2. The second-order valence-corrected chi connectivity index (χ2v) is 2.42. The molecule has 1 heterocycles. The van der Waals surface area contributed by atoms with Crippen LogP contribution in [0, 0.1) is 0 Å². The van der Waals surface area contributed by atoms with Gasteiger partial charge in [-0.2, -0.15) is 0 Å². The molecule has 0 saturated heterocycles. The van der Waals surface area contributed by atoms with E-state index in [0.29, 0.717) is 0 Å². The second kappa shape index (κ2) is 2.18. The van der Waals surface area contributed by atoms with E-state index in [-0.39, 0.29) is 0 Å². The Morgan fingerprint density at radius 1 is 1.56 bits per heavy atom. The molecule has 0 unspecified atom stereocenters. The van der Waals surface area contributed by atoms with E-state index >= 15 is 0 Å². The molecule has 0 amide bonds. The van der Waals surface area contributed by atoms with Gasteiger partial charge in [0.05, 0.1) is 6.54 Å². The van der Waals surface area contributed by atoms with Gasteiger partial charge in [0, 0.05) is 5.71 Å². The number of rotatable bonds is 0. The molecule has 0 bridgehead atoms. The lowest BCUT2D eigenvalue weighted by Gasteiger charge is -2.07. The van der Waals surface area contributed by atoms with Gasteiger partial charge in [-0.05, 0) is 19.4 Å². The number of dihydropyridines is 1. The fourth-order valence-corrected chi connectivity index (χ4v) is 0.792. The van der Waals surface area contributed by atoms with E-state index in [1.165, 1.54) is 5.57 Å². The minimum atomic E-state index is 0.852. The Balaban J connectivity index is 2.82. The van der Waals surface area contributed by atoms with E-state index in [9.17, 15) is 0 Å². The van der Waals surface area contributed by atoms with Gasteiger partial charge in [-0.1, -0.05) is 18.2 Å². The summed E-state index contributed by atoms with van der Waals surface area (Å²) in [5.74, 6) is 0. The van der Waals surface area contributed by atoms with E-state index in [0.717, 1.165) is 17.8 Å². The van der Waals surface area contributed by atoms with Crippen LogP contribution in [0.2, 0.25) is 0 Å². The van der Waals surface area contributed by atoms with Crippen LogP contribution >= 0.6 is 0 Å². The first-order chi connectivity index (χ1) is 4.20. The lowest BCUT2D eigenvalue weighted by molar-refractivity contribution is 1.11. The first-order valence-electron chi connectivity index (χ1n) is 3.07. The van der Waals surface area contributed by atoms with Crippen molar-refractivity contribution < 1.29 is 0 Å². The average Bonchev–Trinajstić information content (AvgIpc) is 1.80. The Labute approximate surface area is 55.8 Å². The van der Waals surface area contributed by atoms with Gasteiger partial charge in [-0.25, -0.2) is 0 Å². The third kappa shape index (κ3) is 1.28. The Morgan fingerprint density at radius 2 is 2.22 bits per heavy atom. The minimum Gasteiger partial charge on any atom is -0.285 e. The third-order valence-electron chi connectivity index (χ3n) is 1.45. The van der Waals surface area contributed by atoms with Gasteiger partial charge in [0.25, 0.3) is 0 Å². The Bertz CT molecular complexity index is 197. The number of aliphatic imine (C=N–C) groups is 1. The zero-order valence-electron chi connectivity index (χ0n) is 5.94. The van der Waals surface area contributed by atoms with Crippen molar-refractivity contribution in [2.75, 3.05) is 6.54 Å². The quantitative estimate of drug-likeness (QED) is 0.464. The molecule has 0 spiro atoms. The van der Waals surface area contributed by atoms with Crippen LogP contribution in [0.3, 0.4) is 0 Å². The van der Waals surface area contributed by atoms with Crippen LogP contribution in [0.15, 0.2) is 28.8 Å². The van der Waals surface area contributed by atoms with Crippen molar-refractivity contribution in [1.29, 1.82) is 0 Å². The monoisotopic (exact) mass is 121 g/mol. The van der Waals surface area contributed by atoms with Crippen molar-refractivity contribution in [2.24, 2.45) is 4.99 Å². The average molecular weight is 121 g/mol. The molecular weight excluding hydrogens is 110 g/mol. The molecule has 0 aliphatic carbocycles. The standard InChI is InChI=1S/C8H11N/c1-6-4-7(2)8(3)9-5-6/h4H,2,5H2,1,3H3. The Morgan fingerprint density at radius 3 is 2.67 bits per heavy atom. The molecule has 48 valence electrons. The van der Waals surface area contributed by atoms with Crippen molar-refractivity contribution in [2.45, 2.75) is 13.8 Å². The van der Waals surface area contributed by atoms with E-state index in [4.69, 9.17) is 0 Å². The molecule has 0 radical (unpaired) electrons. The zero-order chi connectivity index (χ0) is 6.85. The highest BCUT2D eigenvalue weighted by Crippen LogP contribution is 2.08. The predicted octanol–water partition coefficient (Wildman–Crippen LogP) is 1.96. The molecule has 1 rings (SSSR count). The first-order valence-corrected chi connectivity index (χ1v) is 3.07. The number of hydrogen-bond donors (Lipinski definition) is 0. The van der Waals surface area contributed by atoms with Gasteiger partial charge >= 0.3 is 0 Å². The van der Waals surface area contributed by atoms with Crippen molar-refractivity contribution in [3.63, 3.8) is 0 Å². The van der Waals surface area contributed by atoms with E-state index < -0.39 is 0 Å². The summed E-state index contributed by atoms with van der Waals surface area (Å²) < 4.78 is 0. The molecule has 0 saturated carbocycles. The summed E-state index contributed by atoms with van der Waals surface area (Å²) in [5.41, 5.74) is 3.42. The van der Waals surface area contributed by atoms with Crippen LogP contribution in [0.4, 0.5) is 0 Å². The first kappa shape index (κ1) is 6.27. The molecular formula is C8H11N. The summed E-state index contributed by atoms with van der Waals surface area (Å²) in [6.07, 6.45) is 2.09. The second-order valence-electron chi connectivity index (χ2n) is 2.42. The van der Waals surface area contributed by atoms with Crippen molar-refractivity contribution in [3.8, 4) is 0 Å². The van der Waals surface area contributed by atoms with Gasteiger partial charge in [-0.15, -0.1) is 0 Å². The highest BCUT2D eigenvalue weighted by Gasteiger charge is 2.00. The van der Waals surface area contributed by atoms with E-state index in [2.05, 4.69) is 24.6 Å². The van der Waals surface area contributed by atoms with Crippen LogP contribution in [0.25, 0.3) is 0 Å². The summed E-state index contributed by atoms with van der Waals surface area (Å²) in [6, 6.07) is 0. The Hall–Kier alpha value is -0.850. The maximum absolute atomic E-state index is 4.24. The molecule has 0 fully saturated rings. The van der Waals surface area contributed by atoms with Gasteiger partial charge in [0.15, 0.2) is 0 Å². The van der Waals surface area contributed by atoms with Gasteiger partial charge in [0.2, 0.25) is 0 Å². The molecule has 0 N–H and O–H groups in total. The van der Waals surface area contributed by atoms with Crippen molar-refractivity contribution in [1.82, 2.24) is 0 Å². The van der Waals surface area contributed by atoms with Gasteiger partial charge in [0.1, 0.15) is 0 Å². The highest BCUT2D eigenvalue weighted by atomic mass is 14.7. The third-order valence-corrected chi connectivity index (χ3v) is 1.45. The predicted molar refractivity (Wildman–Crippen MR) is 40.9 cm³/mol. The maximum Gasteiger partial charge on any atom is 0.0603 e. The topological polar surface area (TPSA) is 12.4 Å². The minimum absolute atomic E-state index is 0.852. The van der Waals surface area contributed by atoms with Crippen molar-refractivity contribution in [3.05, 3.63) is 23.8 Å². The SMILES string of the molecule is C=C1C=C(C)CN=C1C. The molecule has 0 aromatic rings. The summed E-state index contributed by atoms with van der Waals surface area (Å²) in [7, 11) is 0. The highest BCUT2D eigenvalue weighted by molar-refractivity contribution is 6.01. The zero-order valence-corrected chi connectivity index (χ0v) is 5.94. The molecule has 0 atom stereocenters. The molecule has 1 nitrogen and oxygen atoms in total. The summed E-state index contributed by atoms with van der Waals surface area (Å²) in [4.78, 5) is 4.24. The summed E-state index contributed by atoms with van der Waals surface area (Å²) >= 11 is 0. The largest absolute Gasteiger partial charge is 0.285 e. The molecule has 9 heavy (non-hydrogen) atoms. The summed E-state index contributed by atoms with van der Waals surface area (Å²) in [5, 5.41) is 0. The van der Waals surface area contributed by atoms with E-state index in [1.54, 1.807) is 0 Å². The maximum atomic E-state index is 4.24. The molecule has 1 heteroatoms. The number of nitrogens with zero attached hydrogens (tertiary/aromatic N) is 1. The lowest BCUT2D eigenvalue weighted by Crippen LogP contribution is -2.02. The van der Waals surface area contributed by atoms with Crippen LogP contribution in [0.5, 0.6) is 0 Å². The van der Waals surface area contributed by atoms with Gasteiger partial charge < -0.3 is 0 Å². The van der Waals surface area contributed by atoms with Crippen LogP contribution in [0.1, 0.15) is 13.8 Å². The number of hydrogen-bond acceptors (Lipinski definition) is 1. The van der Waals surface area contributed by atoms with E-state index in [1.807, 2.05) is 6.92 Å². The van der Waals surface area contributed by atoms with Gasteiger partial charge in [-0.3, -0.25) is 4.99 Å². The molecule has 1 aliphatic rings.